The van der Waals surface area contributed by atoms with Crippen molar-refractivity contribution in [1.29, 1.82) is 10.5 Å². The zero-order valence-corrected chi connectivity index (χ0v) is 19.8. The highest BCUT2D eigenvalue weighted by Gasteiger charge is 2.52. The molecule has 0 aromatic carbocycles. The molecule has 1 aliphatic heterocycles. The Bertz CT molecular complexity index is 1380. The second-order valence-corrected chi connectivity index (χ2v) is 10.8. The first kappa shape index (κ1) is 21.5. The Kier molecular flexibility index (Phi) is 4.78. The zero-order chi connectivity index (χ0) is 23.5. The van der Waals surface area contributed by atoms with E-state index in [1.807, 2.05) is 0 Å². The maximum Gasteiger partial charge on any atom is 0.412 e. The number of carbonyl (C=O) groups is 1. The number of amides is 1. The molecule has 4 heterocycles. The van der Waals surface area contributed by atoms with E-state index >= 15 is 0 Å². The fourth-order valence-electron chi connectivity index (χ4n) is 4.74. The minimum atomic E-state index is -0.628. The van der Waals surface area contributed by atoms with Crippen molar-refractivity contribution in [3.63, 3.8) is 0 Å². The lowest BCUT2D eigenvalue weighted by molar-refractivity contribution is 0.0636. The molecule has 1 saturated heterocycles. The molecule has 0 radical (unpaired) electrons. The minimum Gasteiger partial charge on any atom is -0.444 e. The number of rotatable bonds is 2. The van der Waals surface area contributed by atoms with Crippen LogP contribution in [0.3, 0.4) is 0 Å². The average molecular weight is 482 g/mol. The smallest absolute Gasteiger partial charge is 0.412 e. The van der Waals surface area contributed by atoms with Gasteiger partial charge >= 0.3 is 6.09 Å². The second kappa shape index (κ2) is 7.34. The monoisotopic (exact) mass is 481 g/mol. The van der Waals surface area contributed by atoms with Crippen LogP contribution in [0.1, 0.15) is 48.8 Å². The number of hydrogen-bond donors (Lipinski definition) is 2. The Balaban J connectivity index is 1.45. The highest BCUT2D eigenvalue weighted by molar-refractivity contribution is 7.16. The van der Waals surface area contributed by atoms with Gasteiger partial charge in [0, 0.05) is 29.6 Å². The molecule has 2 aliphatic rings. The number of hydrogen-bond acceptors (Lipinski definition) is 8. The van der Waals surface area contributed by atoms with Gasteiger partial charge in [-0.3, -0.25) is 5.32 Å². The topological polar surface area (TPSA) is 131 Å². The summed E-state index contributed by atoms with van der Waals surface area (Å²) in [6, 6.07) is 4.47. The third-order valence-corrected chi connectivity index (χ3v) is 7.29. The van der Waals surface area contributed by atoms with Gasteiger partial charge in [0.2, 0.25) is 5.28 Å². The molecule has 0 unspecified atom stereocenters. The fourth-order valence-corrected chi connectivity index (χ4v) is 6.16. The minimum absolute atomic E-state index is 0.106. The van der Waals surface area contributed by atoms with E-state index in [9.17, 15) is 15.3 Å². The molecule has 0 bridgehead atoms. The van der Waals surface area contributed by atoms with E-state index in [4.69, 9.17) is 16.3 Å². The zero-order valence-electron chi connectivity index (χ0n) is 18.2. The molecule has 1 spiro atoms. The molecule has 3 aromatic heterocycles. The lowest BCUT2D eigenvalue weighted by Gasteiger charge is -2.49. The number of nitriles is 2. The van der Waals surface area contributed by atoms with Crippen molar-refractivity contribution in [3.05, 3.63) is 33.0 Å². The number of ether oxygens (including phenoxy) is 1. The molecule has 1 amide bonds. The number of nitrogens with one attached hydrogen (secondary N) is 2. The number of halogens is 1. The van der Waals surface area contributed by atoms with Crippen molar-refractivity contribution in [2.75, 3.05) is 23.3 Å². The van der Waals surface area contributed by atoms with Crippen molar-refractivity contribution in [1.82, 2.24) is 15.0 Å². The van der Waals surface area contributed by atoms with Crippen LogP contribution in [0.5, 0.6) is 0 Å². The number of anilines is 2. The third kappa shape index (κ3) is 3.47. The molecule has 3 aromatic rings. The molecule has 0 saturated carbocycles. The predicted molar refractivity (Wildman–Crippen MR) is 125 cm³/mol. The van der Waals surface area contributed by atoms with Gasteiger partial charge in [0.05, 0.1) is 16.5 Å². The normalized spacial score (nSPS) is 16.2. The molecule has 11 heteroatoms. The first-order chi connectivity index (χ1) is 15.6. The van der Waals surface area contributed by atoms with Crippen LogP contribution in [0.4, 0.5) is 15.6 Å². The Labute approximate surface area is 198 Å². The molecule has 9 nitrogen and oxygen atoms in total. The number of thiophene rings is 1. The number of carbonyl (C=O) groups excluding carboxylic acids is 1. The Morgan fingerprint density at radius 2 is 2.09 bits per heavy atom. The van der Waals surface area contributed by atoms with Crippen LogP contribution in [0.15, 0.2) is 6.20 Å². The molecular formula is C22H20ClN7O2S. The van der Waals surface area contributed by atoms with Gasteiger partial charge < -0.3 is 14.6 Å². The number of nitrogens with zero attached hydrogens (tertiary/aromatic N) is 5. The van der Waals surface area contributed by atoms with Gasteiger partial charge in [-0.1, -0.05) is 0 Å². The first-order valence-electron chi connectivity index (χ1n) is 10.4. The van der Waals surface area contributed by atoms with Crippen molar-refractivity contribution >= 4 is 50.9 Å². The Morgan fingerprint density at radius 3 is 2.76 bits per heavy atom. The summed E-state index contributed by atoms with van der Waals surface area (Å²) in [6.07, 6.45) is 2.78. The Morgan fingerprint density at radius 1 is 1.33 bits per heavy atom. The van der Waals surface area contributed by atoms with E-state index < -0.39 is 11.7 Å². The number of H-pyrrole nitrogens is 1. The summed E-state index contributed by atoms with van der Waals surface area (Å²) in [5.41, 5.74) is 1.65. The van der Waals surface area contributed by atoms with Crippen molar-refractivity contribution in [3.8, 4) is 12.1 Å². The van der Waals surface area contributed by atoms with Crippen molar-refractivity contribution in [2.45, 2.75) is 44.6 Å². The van der Waals surface area contributed by atoms with Gasteiger partial charge in [0.15, 0.2) is 0 Å². The Hall–Kier alpha value is -3.34. The fraction of sp³-hybridized carbons (Fsp3) is 0.409. The predicted octanol–water partition coefficient (Wildman–Crippen LogP) is 4.47. The molecule has 2 N–H and O–H groups in total. The van der Waals surface area contributed by atoms with Gasteiger partial charge in [-0.15, -0.1) is 11.3 Å². The van der Waals surface area contributed by atoms with Crippen molar-refractivity contribution < 1.29 is 9.53 Å². The van der Waals surface area contributed by atoms with Crippen molar-refractivity contribution in [2.24, 2.45) is 0 Å². The van der Waals surface area contributed by atoms with E-state index in [1.165, 1.54) is 11.3 Å². The SMILES string of the molecule is CC(C)(C)OC(=O)Nc1sc2c(c1C#N)C1(CC2)CN(c2nc(Cl)nc3[nH]cc(C#N)c23)C1. The van der Waals surface area contributed by atoms with Gasteiger partial charge in [-0.25, -0.2) is 4.79 Å². The summed E-state index contributed by atoms with van der Waals surface area (Å²) in [5.74, 6) is 0.614. The van der Waals surface area contributed by atoms with E-state index in [-0.39, 0.29) is 10.7 Å². The molecule has 5 rings (SSSR count). The van der Waals surface area contributed by atoms with Crippen LogP contribution in [-0.2, 0) is 16.6 Å². The highest BCUT2D eigenvalue weighted by Crippen LogP contribution is 2.53. The van der Waals surface area contributed by atoms with Gasteiger partial charge in [0.1, 0.15) is 34.2 Å². The van der Waals surface area contributed by atoms with E-state index in [0.29, 0.717) is 46.1 Å². The lowest BCUT2D eigenvalue weighted by atomic mass is 9.74. The van der Waals surface area contributed by atoms with Crippen LogP contribution in [-0.4, -0.2) is 39.7 Å². The highest BCUT2D eigenvalue weighted by atomic mass is 35.5. The first-order valence-corrected chi connectivity index (χ1v) is 11.6. The molecule has 0 atom stereocenters. The van der Waals surface area contributed by atoms with Crippen LogP contribution in [0.2, 0.25) is 5.28 Å². The summed E-state index contributed by atoms with van der Waals surface area (Å²) < 4.78 is 5.36. The molecule has 168 valence electrons. The molecular weight excluding hydrogens is 462 g/mol. The van der Waals surface area contributed by atoms with Crippen LogP contribution < -0.4 is 10.2 Å². The number of aryl methyl sites for hydroxylation is 1. The van der Waals surface area contributed by atoms with Crippen LogP contribution in [0.25, 0.3) is 11.0 Å². The largest absolute Gasteiger partial charge is 0.444 e. The summed E-state index contributed by atoms with van der Waals surface area (Å²) >= 11 is 7.57. The maximum atomic E-state index is 12.3. The number of fused-ring (bicyclic) bond motifs is 3. The average Bonchev–Trinajstić information content (AvgIpc) is 3.36. The maximum absolute atomic E-state index is 12.3. The lowest BCUT2D eigenvalue weighted by Crippen LogP contribution is -2.59. The second-order valence-electron chi connectivity index (χ2n) is 9.33. The molecule has 1 fully saturated rings. The quantitative estimate of drug-likeness (QED) is 0.516. The summed E-state index contributed by atoms with van der Waals surface area (Å²) in [7, 11) is 0. The van der Waals surface area contributed by atoms with Gasteiger partial charge in [-0.05, 0) is 50.8 Å². The molecule has 33 heavy (non-hydrogen) atoms. The summed E-state index contributed by atoms with van der Waals surface area (Å²) in [6.45, 7) is 6.65. The van der Waals surface area contributed by atoms with Crippen LogP contribution in [0, 0.1) is 22.7 Å². The van der Waals surface area contributed by atoms with Gasteiger partial charge in [-0.2, -0.15) is 20.5 Å². The standard InChI is InChI=1S/C22H20ClN7O2S/c1-21(2,3)32-20(31)29-18-12(7-25)15-13(33-18)4-5-22(15)9-30(10-22)17-14-11(6-24)8-26-16(14)27-19(23)28-17/h8H,4-5,9-10H2,1-3H3,(H,29,31)(H,26,27,28). The van der Waals surface area contributed by atoms with Gasteiger partial charge in [0.25, 0.3) is 0 Å². The van der Waals surface area contributed by atoms with E-state index in [0.717, 1.165) is 23.3 Å². The van der Waals surface area contributed by atoms with E-state index in [1.54, 1.807) is 27.0 Å². The third-order valence-electron chi connectivity index (χ3n) is 5.96. The van der Waals surface area contributed by atoms with E-state index in [2.05, 4.69) is 37.3 Å². The summed E-state index contributed by atoms with van der Waals surface area (Å²) in [4.78, 5) is 27.0. The number of aromatic nitrogens is 3. The van der Waals surface area contributed by atoms with Crippen LogP contribution >= 0.6 is 22.9 Å². The summed E-state index contributed by atoms with van der Waals surface area (Å²) in [5, 5.41) is 23.5. The molecule has 1 aliphatic carbocycles. The number of aromatic amines is 1.